The second kappa shape index (κ2) is 8.59. The Balaban J connectivity index is 1.92. The Kier molecular flexibility index (Phi) is 6.71. The number of nitrogens with zero attached hydrogens (tertiary/aromatic N) is 2. The average Bonchev–Trinajstić information content (AvgIpc) is 2.59. The highest BCUT2D eigenvalue weighted by Crippen LogP contribution is 2.26. The molecule has 0 saturated carbocycles. The Labute approximate surface area is 150 Å². The molecule has 1 aliphatic heterocycles. The number of alkyl halides is 3. The number of β-amino-alcohol motifs (C(OH)–C–C–N with tert-alkyl or cyclic N) is 1. The molecule has 6 nitrogen and oxygen atoms in total. The molecule has 26 heavy (non-hydrogen) atoms. The van der Waals surface area contributed by atoms with Gasteiger partial charge in [-0.15, -0.1) is 0 Å². The third-order valence-corrected chi connectivity index (χ3v) is 4.23. The topological polar surface area (TPSA) is 62.2 Å². The molecule has 1 heterocycles. The monoisotopic (exact) mass is 376 g/mol. The lowest BCUT2D eigenvalue weighted by Gasteiger charge is -2.36. The number of benzene rings is 1. The number of piperazine rings is 1. The van der Waals surface area contributed by atoms with E-state index in [0.717, 1.165) is 0 Å². The van der Waals surface area contributed by atoms with Crippen LogP contribution in [0.1, 0.15) is 16.8 Å². The van der Waals surface area contributed by atoms with Gasteiger partial charge in [0.2, 0.25) is 0 Å². The number of aliphatic hydroxyl groups excluding tert-OH is 1. The Bertz CT molecular complexity index is 617. The van der Waals surface area contributed by atoms with E-state index in [0.29, 0.717) is 43.2 Å². The summed E-state index contributed by atoms with van der Waals surface area (Å²) in [5.74, 6) is 0.763. The zero-order valence-corrected chi connectivity index (χ0v) is 14.8. The number of carbonyl (C=O) groups is 1. The van der Waals surface area contributed by atoms with E-state index in [9.17, 15) is 23.1 Å². The van der Waals surface area contributed by atoms with E-state index >= 15 is 0 Å². The first kappa shape index (κ1) is 20.3. The van der Waals surface area contributed by atoms with Gasteiger partial charge in [-0.25, -0.2) is 0 Å². The van der Waals surface area contributed by atoms with Crippen LogP contribution in [0.15, 0.2) is 18.2 Å². The summed E-state index contributed by atoms with van der Waals surface area (Å²) in [5.41, 5.74) is 0.402. The highest BCUT2D eigenvalue weighted by Gasteiger charge is 2.32. The molecule has 0 unspecified atom stereocenters. The number of amides is 1. The number of hydrogen-bond donors (Lipinski definition) is 1. The number of ether oxygens (including phenoxy) is 2. The van der Waals surface area contributed by atoms with Crippen LogP contribution in [0.3, 0.4) is 0 Å². The van der Waals surface area contributed by atoms with Crippen LogP contribution < -0.4 is 9.47 Å². The van der Waals surface area contributed by atoms with E-state index in [2.05, 4.69) is 0 Å². The summed E-state index contributed by atoms with van der Waals surface area (Å²) < 4.78 is 47.2. The van der Waals surface area contributed by atoms with Crippen LogP contribution in [-0.2, 0) is 0 Å². The van der Waals surface area contributed by atoms with Crippen molar-refractivity contribution in [1.29, 1.82) is 0 Å². The van der Waals surface area contributed by atoms with Crippen molar-refractivity contribution in [3.05, 3.63) is 23.8 Å². The highest BCUT2D eigenvalue weighted by molar-refractivity contribution is 5.97. The number of carbonyl (C=O) groups excluding carboxylic acids is 1. The Hall–Kier alpha value is -2.00. The summed E-state index contributed by atoms with van der Waals surface area (Å²) in [5, 5.41) is 9.54. The molecule has 1 atom stereocenters. The van der Waals surface area contributed by atoms with Gasteiger partial charge in [0.05, 0.1) is 32.3 Å². The molecule has 1 amide bonds. The molecule has 9 heteroatoms. The summed E-state index contributed by atoms with van der Waals surface area (Å²) >= 11 is 0. The molecule has 2 rings (SSSR count). The largest absolute Gasteiger partial charge is 0.497 e. The number of aliphatic hydroxyl groups is 1. The summed E-state index contributed by atoms with van der Waals surface area (Å²) in [6.07, 6.45) is -7.07. The molecule has 1 aromatic rings. The zero-order chi connectivity index (χ0) is 19.3. The van der Waals surface area contributed by atoms with Gasteiger partial charge in [-0.1, -0.05) is 0 Å². The highest BCUT2D eigenvalue weighted by atomic mass is 19.4. The molecule has 0 bridgehead atoms. The standard InChI is InChI=1S/C17H23F3N2O4/c1-25-13-3-4-14(15(9-13)26-2)16(24)22-7-5-21(6-8-22)11-12(23)10-17(18,19)20/h3-4,9,12,23H,5-8,10-11H2,1-2H3/t12-/m1/s1. The predicted molar refractivity (Wildman–Crippen MR) is 88.6 cm³/mol. The van der Waals surface area contributed by atoms with Gasteiger partial charge in [0.15, 0.2) is 0 Å². The molecular formula is C17H23F3N2O4. The van der Waals surface area contributed by atoms with Crippen molar-refractivity contribution >= 4 is 5.91 Å². The predicted octanol–water partition coefficient (Wildman–Crippen LogP) is 1.77. The average molecular weight is 376 g/mol. The van der Waals surface area contributed by atoms with Crippen molar-refractivity contribution in [1.82, 2.24) is 9.80 Å². The third-order valence-electron chi connectivity index (χ3n) is 4.23. The van der Waals surface area contributed by atoms with Gasteiger partial charge in [-0.3, -0.25) is 9.69 Å². The first-order chi connectivity index (χ1) is 12.2. The number of rotatable bonds is 6. The van der Waals surface area contributed by atoms with Crippen LogP contribution in [0.25, 0.3) is 0 Å². The van der Waals surface area contributed by atoms with Gasteiger partial charge in [0.1, 0.15) is 11.5 Å². The van der Waals surface area contributed by atoms with Gasteiger partial charge >= 0.3 is 6.18 Å². The van der Waals surface area contributed by atoms with Crippen molar-refractivity contribution in [2.45, 2.75) is 18.7 Å². The van der Waals surface area contributed by atoms with Crippen LogP contribution >= 0.6 is 0 Å². The molecule has 0 spiro atoms. The van der Waals surface area contributed by atoms with Crippen molar-refractivity contribution < 1.29 is 32.5 Å². The first-order valence-corrected chi connectivity index (χ1v) is 8.22. The van der Waals surface area contributed by atoms with Crippen molar-refractivity contribution in [3.63, 3.8) is 0 Å². The molecule has 0 aliphatic carbocycles. The summed E-state index contributed by atoms with van der Waals surface area (Å²) in [6.45, 7) is 1.48. The Morgan fingerprint density at radius 1 is 1.19 bits per heavy atom. The van der Waals surface area contributed by atoms with E-state index in [1.807, 2.05) is 0 Å². The van der Waals surface area contributed by atoms with Crippen LogP contribution in [0, 0.1) is 0 Å². The lowest BCUT2D eigenvalue weighted by atomic mass is 10.1. The number of hydrogen-bond acceptors (Lipinski definition) is 5. The maximum Gasteiger partial charge on any atom is 0.391 e. The molecular weight excluding hydrogens is 353 g/mol. The van der Waals surface area contributed by atoms with Gasteiger partial charge < -0.3 is 19.5 Å². The SMILES string of the molecule is COc1ccc(C(=O)N2CCN(C[C@H](O)CC(F)(F)F)CC2)c(OC)c1. The van der Waals surface area contributed by atoms with E-state index in [1.54, 1.807) is 28.0 Å². The van der Waals surface area contributed by atoms with E-state index in [1.165, 1.54) is 14.2 Å². The zero-order valence-electron chi connectivity index (χ0n) is 14.8. The van der Waals surface area contributed by atoms with Gasteiger partial charge in [0.25, 0.3) is 5.91 Å². The van der Waals surface area contributed by atoms with Crippen molar-refractivity contribution in [2.24, 2.45) is 0 Å². The quantitative estimate of drug-likeness (QED) is 0.820. The lowest BCUT2D eigenvalue weighted by molar-refractivity contribution is -0.155. The fourth-order valence-electron chi connectivity index (χ4n) is 2.91. The lowest BCUT2D eigenvalue weighted by Crippen LogP contribution is -2.50. The Morgan fingerprint density at radius 2 is 1.85 bits per heavy atom. The minimum Gasteiger partial charge on any atom is -0.497 e. The van der Waals surface area contributed by atoms with Crippen molar-refractivity contribution in [3.8, 4) is 11.5 Å². The molecule has 1 N–H and O–H groups in total. The second-order valence-electron chi connectivity index (χ2n) is 6.13. The van der Waals surface area contributed by atoms with Crippen LogP contribution in [-0.4, -0.2) is 80.0 Å². The molecule has 1 aromatic carbocycles. The maximum atomic E-state index is 12.7. The van der Waals surface area contributed by atoms with Gasteiger partial charge in [0, 0.05) is 38.8 Å². The second-order valence-corrected chi connectivity index (χ2v) is 6.13. The minimum absolute atomic E-state index is 0.0621. The van der Waals surface area contributed by atoms with Crippen molar-refractivity contribution in [2.75, 3.05) is 46.9 Å². The number of halogens is 3. The molecule has 0 aromatic heterocycles. The minimum atomic E-state index is -4.39. The normalized spacial score (nSPS) is 17.1. The summed E-state index contributed by atoms with van der Waals surface area (Å²) in [7, 11) is 2.98. The van der Waals surface area contributed by atoms with Crippen LogP contribution in [0.5, 0.6) is 11.5 Å². The molecule has 1 aliphatic rings. The van der Waals surface area contributed by atoms with E-state index < -0.39 is 18.7 Å². The van der Waals surface area contributed by atoms with E-state index in [-0.39, 0.29) is 12.5 Å². The van der Waals surface area contributed by atoms with Crippen LogP contribution in [0.4, 0.5) is 13.2 Å². The van der Waals surface area contributed by atoms with Gasteiger partial charge in [-0.2, -0.15) is 13.2 Å². The molecule has 146 valence electrons. The maximum absolute atomic E-state index is 12.7. The molecule has 0 radical (unpaired) electrons. The first-order valence-electron chi connectivity index (χ1n) is 8.22. The molecule has 1 saturated heterocycles. The fourth-order valence-corrected chi connectivity index (χ4v) is 2.91. The third kappa shape index (κ3) is 5.50. The van der Waals surface area contributed by atoms with Gasteiger partial charge in [-0.05, 0) is 12.1 Å². The fraction of sp³-hybridized carbons (Fsp3) is 0.588. The molecule has 1 fully saturated rings. The van der Waals surface area contributed by atoms with Crippen LogP contribution in [0.2, 0.25) is 0 Å². The summed E-state index contributed by atoms with van der Waals surface area (Å²) in [6, 6.07) is 4.91. The summed E-state index contributed by atoms with van der Waals surface area (Å²) in [4.78, 5) is 16.0. The smallest absolute Gasteiger partial charge is 0.391 e. The Morgan fingerprint density at radius 3 is 2.38 bits per heavy atom. The number of methoxy groups -OCH3 is 2. The van der Waals surface area contributed by atoms with E-state index in [4.69, 9.17) is 9.47 Å².